The lowest BCUT2D eigenvalue weighted by Crippen LogP contribution is -2.42. The molecule has 0 spiro atoms. The first-order chi connectivity index (χ1) is 9.70. The van der Waals surface area contributed by atoms with E-state index in [0.29, 0.717) is 18.5 Å². The van der Waals surface area contributed by atoms with Crippen molar-refractivity contribution in [2.24, 2.45) is 5.92 Å². The van der Waals surface area contributed by atoms with Crippen LogP contribution in [0.4, 0.5) is 0 Å². The van der Waals surface area contributed by atoms with Gasteiger partial charge in [0.05, 0.1) is 0 Å². The van der Waals surface area contributed by atoms with Crippen LogP contribution in [0.25, 0.3) is 0 Å². The Morgan fingerprint density at radius 1 is 1.40 bits per heavy atom. The van der Waals surface area contributed by atoms with E-state index in [4.69, 9.17) is 0 Å². The summed E-state index contributed by atoms with van der Waals surface area (Å²) in [6, 6.07) is 10.8. The normalized spacial score (nSPS) is 15.3. The van der Waals surface area contributed by atoms with Crippen molar-refractivity contribution in [3.63, 3.8) is 0 Å². The molecule has 1 N–H and O–H groups in total. The number of nitrogens with one attached hydrogen (secondary N) is 1. The lowest BCUT2D eigenvalue weighted by molar-refractivity contribution is -0.115. The summed E-state index contributed by atoms with van der Waals surface area (Å²) in [6.07, 6.45) is 2.53. The van der Waals surface area contributed by atoms with Crippen LogP contribution in [0.5, 0.6) is 0 Å². The molecule has 3 heteroatoms. The highest BCUT2D eigenvalue weighted by Gasteiger charge is 2.33. The fourth-order valence-corrected chi connectivity index (χ4v) is 2.51. The molecule has 1 aliphatic rings. The maximum absolute atomic E-state index is 11.5. The largest absolute Gasteiger partial charge is 0.344 e. The van der Waals surface area contributed by atoms with E-state index >= 15 is 0 Å². The fraction of sp³-hybridized carbons (Fsp3) is 0.471. The van der Waals surface area contributed by atoms with Crippen molar-refractivity contribution in [1.82, 2.24) is 10.2 Å². The van der Waals surface area contributed by atoms with Gasteiger partial charge in [-0.3, -0.25) is 9.69 Å². The SMILES string of the molecule is CC#CC(=O)NCC(C1CC1)N(C)Cc1ccccc1. The van der Waals surface area contributed by atoms with Gasteiger partial charge in [0.1, 0.15) is 0 Å². The third-order valence-corrected chi connectivity index (χ3v) is 3.72. The van der Waals surface area contributed by atoms with Crippen molar-refractivity contribution in [2.45, 2.75) is 32.4 Å². The lowest BCUT2D eigenvalue weighted by Gasteiger charge is -2.28. The van der Waals surface area contributed by atoms with Crippen LogP contribution in [0.2, 0.25) is 0 Å². The summed E-state index contributed by atoms with van der Waals surface area (Å²) in [7, 11) is 2.13. The minimum absolute atomic E-state index is 0.175. The van der Waals surface area contributed by atoms with Gasteiger partial charge in [0, 0.05) is 19.1 Å². The summed E-state index contributed by atoms with van der Waals surface area (Å²) < 4.78 is 0. The van der Waals surface area contributed by atoms with Crippen LogP contribution in [0.3, 0.4) is 0 Å². The molecule has 2 rings (SSSR count). The van der Waals surface area contributed by atoms with Gasteiger partial charge in [0.2, 0.25) is 0 Å². The van der Waals surface area contributed by atoms with E-state index in [0.717, 1.165) is 6.54 Å². The molecule has 1 amide bonds. The van der Waals surface area contributed by atoms with E-state index in [1.807, 2.05) is 6.07 Å². The predicted molar refractivity (Wildman–Crippen MR) is 80.9 cm³/mol. The Bertz CT molecular complexity index is 497. The molecule has 3 nitrogen and oxygen atoms in total. The topological polar surface area (TPSA) is 32.3 Å². The number of amides is 1. The first-order valence-electron chi connectivity index (χ1n) is 7.15. The van der Waals surface area contributed by atoms with E-state index in [9.17, 15) is 4.79 Å². The van der Waals surface area contributed by atoms with Crippen molar-refractivity contribution in [2.75, 3.05) is 13.6 Å². The van der Waals surface area contributed by atoms with Gasteiger partial charge in [-0.15, -0.1) is 0 Å². The quantitative estimate of drug-likeness (QED) is 0.802. The van der Waals surface area contributed by atoms with Gasteiger partial charge in [-0.2, -0.15) is 0 Å². The lowest BCUT2D eigenvalue weighted by atomic mass is 10.1. The van der Waals surface area contributed by atoms with Gasteiger partial charge in [-0.05, 0) is 44.2 Å². The molecule has 1 unspecified atom stereocenters. The molecule has 0 aromatic heterocycles. The standard InChI is InChI=1S/C17H22N2O/c1-3-7-17(20)18-12-16(15-10-11-15)19(2)13-14-8-5-4-6-9-14/h4-6,8-9,15-16H,10-13H2,1-2H3,(H,18,20). The van der Waals surface area contributed by atoms with Gasteiger partial charge >= 0.3 is 0 Å². The highest BCUT2D eigenvalue weighted by atomic mass is 16.1. The predicted octanol–water partition coefficient (Wildman–Crippen LogP) is 2.04. The molecule has 0 aliphatic heterocycles. The summed E-state index contributed by atoms with van der Waals surface area (Å²) in [5, 5.41) is 2.92. The van der Waals surface area contributed by atoms with E-state index in [1.165, 1.54) is 18.4 Å². The molecular formula is C17H22N2O. The van der Waals surface area contributed by atoms with Crippen LogP contribution >= 0.6 is 0 Å². The van der Waals surface area contributed by atoms with E-state index in [2.05, 4.69) is 53.4 Å². The summed E-state index contributed by atoms with van der Waals surface area (Å²) >= 11 is 0. The van der Waals surface area contributed by atoms with Crippen molar-refractivity contribution in [3.05, 3.63) is 35.9 Å². The Balaban J connectivity index is 1.90. The van der Waals surface area contributed by atoms with Crippen LogP contribution in [-0.2, 0) is 11.3 Å². The van der Waals surface area contributed by atoms with Crippen molar-refractivity contribution >= 4 is 5.91 Å². The Morgan fingerprint density at radius 2 is 2.10 bits per heavy atom. The molecule has 1 fully saturated rings. The molecule has 1 aromatic rings. The Hall–Kier alpha value is -1.79. The minimum atomic E-state index is -0.175. The summed E-state index contributed by atoms with van der Waals surface area (Å²) in [5.74, 6) is 5.69. The van der Waals surface area contributed by atoms with Gasteiger partial charge in [-0.25, -0.2) is 0 Å². The monoisotopic (exact) mass is 270 g/mol. The van der Waals surface area contributed by atoms with Crippen LogP contribution < -0.4 is 5.32 Å². The number of hydrogen-bond donors (Lipinski definition) is 1. The van der Waals surface area contributed by atoms with Crippen LogP contribution in [0, 0.1) is 17.8 Å². The second kappa shape index (κ2) is 7.12. The highest BCUT2D eigenvalue weighted by Crippen LogP contribution is 2.35. The zero-order valence-electron chi connectivity index (χ0n) is 12.2. The van der Waals surface area contributed by atoms with Crippen LogP contribution in [0.15, 0.2) is 30.3 Å². The third-order valence-electron chi connectivity index (χ3n) is 3.72. The highest BCUT2D eigenvalue weighted by molar-refractivity contribution is 5.93. The van der Waals surface area contributed by atoms with Gasteiger partial charge in [-0.1, -0.05) is 36.3 Å². The Morgan fingerprint density at radius 3 is 2.70 bits per heavy atom. The van der Waals surface area contributed by atoms with Crippen molar-refractivity contribution < 1.29 is 4.79 Å². The van der Waals surface area contributed by atoms with E-state index in [-0.39, 0.29) is 5.91 Å². The molecule has 0 saturated heterocycles. The number of likely N-dealkylation sites (N-methyl/N-ethyl adjacent to an activating group) is 1. The molecule has 1 aliphatic carbocycles. The number of benzene rings is 1. The summed E-state index contributed by atoms with van der Waals surface area (Å²) in [4.78, 5) is 13.8. The summed E-state index contributed by atoms with van der Waals surface area (Å²) in [5.41, 5.74) is 1.31. The molecule has 20 heavy (non-hydrogen) atoms. The zero-order valence-corrected chi connectivity index (χ0v) is 12.2. The molecular weight excluding hydrogens is 248 g/mol. The number of hydrogen-bond acceptors (Lipinski definition) is 2. The smallest absolute Gasteiger partial charge is 0.295 e. The third kappa shape index (κ3) is 4.40. The molecule has 1 saturated carbocycles. The second-order valence-corrected chi connectivity index (χ2v) is 5.39. The maximum atomic E-state index is 11.5. The molecule has 1 atom stereocenters. The second-order valence-electron chi connectivity index (χ2n) is 5.39. The summed E-state index contributed by atoms with van der Waals surface area (Å²) in [6.45, 7) is 3.28. The number of carbonyl (C=O) groups is 1. The first kappa shape index (κ1) is 14.6. The first-order valence-corrected chi connectivity index (χ1v) is 7.15. The van der Waals surface area contributed by atoms with Gasteiger partial charge in [0.15, 0.2) is 0 Å². The fourth-order valence-electron chi connectivity index (χ4n) is 2.51. The van der Waals surface area contributed by atoms with E-state index < -0.39 is 0 Å². The minimum Gasteiger partial charge on any atom is -0.344 e. The molecule has 0 radical (unpaired) electrons. The van der Waals surface area contributed by atoms with Crippen LogP contribution in [0.1, 0.15) is 25.3 Å². The molecule has 0 heterocycles. The zero-order chi connectivity index (χ0) is 14.4. The number of carbonyl (C=O) groups excluding carboxylic acids is 1. The van der Waals surface area contributed by atoms with Crippen molar-refractivity contribution in [3.8, 4) is 11.8 Å². The molecule has 1 aromatic carbocycles. The average Bonchev–Trinajstić information content (AvgIpc) is 3.25. The number of nitrogens with zero attached hydrogens (tertiary/aromatic N) is 1. The van der Waals surface area contributed by atoms with Gasteiger partial charge < -0.3 is 5.32 Å². The van der Waals surface area contributed by atoms with E-state index in [1.54, 1.807) is 6.92 Å². The van der Waals surface area contributed by atoms with Crippen LogP contribution in [-0.4, -0.2) is 30.4 Å². The molecule has 0 bridgehead atoms. The van der Waals surface area contributed by atoms with Gasteiger partial charge in [0.25, 0.3) is 5.91 Å². The number of rotatable bonds is 6. The Kier molecular flexibility index (Phi) is 5.20. The van der Waals surface area contributed by atoms with Crippen molar-refractivity contribution in [1.29, 1.82) is 0 Å². The Labute approximate surface area is 121 Å². The molecule has 106 valence electrons. The average molecular weight is 270 g/mol. The maximum Gasteiger partial charge on any atom is 0.295 e.